The number of hydrogen-bond acceptors (Lipinski definition) is 5. The molecule has 7 nitrogen and oxygen atoms in total. The van der Waals surface area contributed by atoms with E-state index >= 15 is 0 Å². The van der Waals surface area contributed by atoms with Crippen molar-refractivity contribution in [1.29, 1.82) is 0 Å². The van der Waals surface area contributed by atoms with E-state index in [2.05, 4.69) is 15.5 Å². The maximum Gasteiger partial charge on any atom is 0.326 e. The zero-order valence-corrected chi connectivity index (χ0v) is 10.2. The molecule has 0 aliphatic carbocycles. The highest BCUT2D eigenvalue weighted by molar-refractivity contribution is 5.97. The summed E-state index contributed by atoms with van der Waals surface area (Å²) >= 11 is 0. The van der Waals surface area contributed by atoms with E-state index < -0.39 is 17.9 Å². The first-order chi connectivity index (χ1) is 8.45. The van der Waals surface area contributed by atoms with Crippen LogP contribution in [0, 0.1) is 13.8 Å². The van der Waals surface area contributed by atoms with Gasteiger partial charge >= 0.3 is 5.97 Å². The zero-order valence-electron chi connectivity index (χ0n) is 10.2. The van der Waals surface area contributed by atoms with E-state index in [1.165, 1.54) is 6.07 Å². The lowest BCUT2D eigenvalue weighted by molar-refractivity contribution is -0.139. The van der Waals surface area contributed by atoms with Crippen molar-refractivity contribution in [2.75, 3.05) is 6.61 Å². The molecule has 1 rings (SSSR count). The summed E-state index contributed by atoms with van der Waals surface area (Å²) in [4.78, 5) is 22.7. The van der Waals surface area contributed by atoms with Gasteiger partial charge in [-0.15, -0.1) is 0 Å². The molecule has 0 aliphatic heterocycles. The van der Waals surface area contributed by atoms with E-state index in [1.807, 2.05) is 0 Å². The van der Waals surface area contributed by atoms with E-state index in [1.54, 1.807) is 13.8 Å². The Labute approximate surface area is 104 Å². The van der Waals surface area contributed by atoms with Crippen LogP contribution in [0.4, 0.5) is 0 Å². The van der Waals surface area contributed by atoms with Gasteiger partial charge in [-0.05, 0) is 19.9 Å². The van der Waals surface area contributed by atoms with Gasteiger partial charge in [-0.3, -0.25) is 4.79 Å². The van der Waals surface area contributed by atoms with Gasteiger partial charge in [0.1, 0.15) is 6.04 Å². The Morgan fingerprint density at radius 3 is 2.61 bits per heavy atom. The molecule has 1 aromatic rings. The Balaban J connectivity index is 2.86. The molecular formula is C11H15N3O4. The van der Waals surface area contributed by atoms with Crippen LogP contribution in [-0.4, -0.2) is 44.9 Å². The van der Waals surface area contributed by atoms with Gasteiger partial charge in [-0.25, -0.2) is 4.79 Å². The molecule has 1 heterocycles. The van der Waals surface area contributed by atoms with Gasteiger partial charge in [0.25, 0.3) is 5.91 Å². The van der Waals surface area contributed by atoms with Crippen LogP contribution in [0.3, 0.4) is 0 Å². The first kappa shape index (κ1) is 14.0. The minimum Gasteiger partial charge on any atom is -0.480 e. The molecule has 7 heteroatoms. The summed E-state index contributed by atoms with van der Waals surface area (Å²) in [6, 6.07) is 0.422. The van der Waals surface area contributed by atoms with E-state index in [0.717, 1.165) is 0 Å². The average molecular weight is 253 g/mol. The molecule has 0 bridgehead atoms. The van der Waals surface area contributed by atoms with Gasteiger partial charge in [0.05, 0.1) is 17.0 Å². The Hall–Kier alpha value is -2.02. The van der Waals surface area contributed by atoms with E-state index in [9.17, 15) is 9.59 Å². The summed E-state index contributed by atoms with van der Waals surface area (Å²) in [6.45, 7) is 2.98. The van der Waals surface area contributed by atoms with Gasteiger partial charge in [0, 0.05) is 13.0 Å². The number of aryl methyl sites for hydroxylation is 2. The minimum absolute atomic E-state index is 0.0440. The van der Waals surface area contributed by atoms with Crippen LogP contribution in [0.25, 0.3) is 0 Å². The van der Waals surface area contributed by atoms with Crippen molar-refractivity contribution < 1.29 is 19.8 Å². The zero-order chi connectivity index (χ0) is 13.7. The Kier molecular flexibility index (Phi) is 4.73. The summed E-state index contributed by atoms with van der Waals surface area (Å²) in [5.74, 6) is -1.72. The van der Waals surface area contributed by atoms with E-state index in [0.29, 0.717) is 11.4 Å². The fourth-order valence-electron chi connectivity index (χ4n) is 1.40. The quantitative estimate of drug-likeness (QED) is 0.661. The third-order valence-electron chi connectivity index (χ3n) is 2.37. The molecule has 1 unspecified atom stereocenters. The number of aromatic nitrogens is 2. The standard InChI is InChI=1S/C11H15N3O4/c1-6-5-8(7(2)14-13-6)10(16)12-9(3-4-15)11(17)18/h5,9,15H,3-4H2,1-2H3,(H,12,16)(H,17,18). The number of amides is 1. The molecule has 0 radical (unpaired) electrons. The molecule has 1 atom stereocenters. The van der Waals surface area contributed by atoms with Gasteiger partial charge in [0.15, 0.2) is 0 Å². The van der Waals surface area contributed by atoms with Crippen LogP contribution in [-0.2, 0) is 4.79 Å². The number of aliphatic hydroxyl groups excluding tert-OH is 1. The van der Waals surface area contributed by atoms with Crippen molar-refractivity contribution in [3.05, 3.63) is 23.0 Å². The molecule has 18 heavy (non-hydrogen) atoms. The van der Waals surface area contributed by atoms with Crippen LogP contribution in [0.2, 0.25) is 0 Å². The summed E-state index contributed by atoms with van der Waals surface area (Å²) in [6.07, 6.45) is -0.0440. The van der Waals surface area contributed by atoms with Gasteiger partial charge in [0.2, 0.25) is 0 Å². The molecule has 0 saturated heterocycles. The van der Waals surface area contributed by atoms with Gasteiger partial charge in [-0.1, -0.05) is 0 Å². The normalized spacial score (nSPS) is 11.9. The molecule has 0 fully saturated rings. The summed E-state index contributed by atoms with van der Waals surface area (Å²) in [7, 11) is 0. The second-order valence-electron chi connectivity index (χ2n) is 3.86. The van der Waals surface area contributed by atoms with E-state index in [4.69, 9.17) is 10.2 Å². The monoisotopic (exact) mass is 253 g/mol. The fraction of sp³-hybridized carbons (Fsp3) is 0.455. The molecular weight excluding hydrogens is 238 g/mol. The number of carbonyl (C=O) groups is 2. The highest BCUT2D eigenvalue weighted by atomic mass is 16.4. The van der Waals surface area contributed by atoms with Crippen LogP contribution >= 0.6 is 0 Å². The van der Waals surface area contributed by atoms with Crippen LogP contribution in [0.1, 0.15) is 28.2 Å². The SMILES string of the molecule is Cc1cc(C(=O)NC(CCO)C(=O)O)c(C)nn1. The first-order valence-electron chi connectivity index (χ1n) is 5.41. The van der Waals surface area contributed by atoms with Crippen LogP contribution < -0.4 is 5.32 Å². The number of nitrogens with one attached hydrogen (secondary N) is 1. The van der Waals surface area contributed by atoms with Crippen molar-refractivity contribution in [1.82, 2.24) is 15.5 Å². The summed E-state index contributed by atoms with van der Waals surface area (Å²) < 4.78 is 0. The maximum absolute atomic E-state index is 11.9. The van der Waals surface area contributed by atoms with Crippen molar-refractivity contribution in [3.63, 3.8) is 0 Å². The third kappa shape index (κ3) is 3.49. The number of carboxylic acid groups (broad SMARTS) is 1. The number of nitrogens with zero attached hydrogens (tertiary/aromatic N) is 2. The maximum atomic E-state index is 11.9. The molecule has 0 spiro atoms. The van der Waals surface area contributed by atoms with Crippen molar-refractivity contribution in [2.45, 2.75) is 26.3 Å². The highest BCUT2D eigenvalue weighted by Crippen LogP contribution is 2.06. The fourth-order valence-corrected chi connectivity index (χ4v) is 1.40. The smallest absolute Gasteiger partial charge is 0.326 e. The Bertz CT molecular complexity index is 462. The Morgan fingerprint density at radius 1 is 1.39 bits per heavy atom. The molecule has 3 N–H and O–H groups in total. The third-order valence-corrected chi connectivity index (χ3v) is 2.37. The van der Waals surface area contributed by atoms with E-state index in [-0.39, 0.29) is 18.6 Å². The number of rotatable bonds is 5. The topological polar surface area (TPSA) is 112 Å². The van der Waals surface area contributed by atoms with Crippen LogP contribution in [0.15, 0.2) is 6.07 Å². The van der Waals surface area contributed by atoms with Crippen molar-refractivity contribution in [2.24, 2.45) is 0 Å². The summed E-state index contributed by atoms with van der Waals surface area (Å²) in [5, 5.41) is 27.5. The summed E-state index contributed by atoms with van der Waals surface area (Å²) in [5.41, 5.74) is 1.28. The number of aliphatic hydroxyl groups is 1. The number of hydrogen-bond donors (Lipinski definition) is 3. The molecule has 0 saturated carbocycles. The number of carbonyl (C=O) groups excluding carboxylic acids is 1. The molecule has 0 aromatic carbocycles. The highest BCUT2D eigenvalue weighted by Gasteiger charge is 2.21. The molecule has 1 amide bonds. The second kappa shape index (κ2) is 6.06. The predicted octanol–water partition coefficient (Wildman–Crippen LogP) is -0.341. The van der Waals surface area contributed by atoms with Gasteiger partial charge in [-0.2, -0.15) is 10.2 Å². The predicted molar refractivity (Wildman–Crippen MR) is 62.1 cm³/mol. The lowest BCUT2D eigenvalue weighted by Gasteiger charge is -2.13. The largest absolute Gasteiger partial charge is 0.480 e. The number of carboxylic acids is 1. The first-order valence-corrected chi connectivity index (χ1v) is 5.41. The average Bonchev–Trinajstić information content (AvgIpc) is 2.31. The minimum atomic E-state index is -1.19. The molecule has 0 aliphatic rings. The lowest BCUT2D eigenvalue weighted by Crippen LogP contribution is -2.41. The molecule has 98 valence electrons. The lowest BCUT2D eigenvalue weighted by atomic mass is 10.1. The van der Waals surface area contributed by atoms with Crippen molar-refractivity contribution in [3.8, 4) is 0 Å². The van der Waals surface area contributed by atoms with Crippen molar-refractivity contribution >= 4 is 11.9 Å². The Morgan fingerprint density at radius 2 is 2.06 bits per heavy atom. The van der Waals surface area contributed by atoms with Crippen LogP contribution in [0.5, 0.6) is 0 Å². The molecule has 1 aromatic heterocycles. The number of aliphatic carboxylic acids is 1. The van der Waals surface area contributed by atoms with Gasteiger partial charge < -0.3 is 15.5 Å². The second-order valence-corrected chi connectivity index (χ2v) is 3.86.